The van der Waals surface area contributed by atoms with E-state index in [9.17, 15) is 39.3 Å². The molecule has 0 amide bonds. The van der Waals surface area contributed by atoms with Gasteiger partial charge in [0.15, 0.2) is 17.2 Å². The summed E-state index contributed by atoms with van der Waals surface area (Å²) in [4.78, 5) is 64.9. The van der Waals surface area contributed by atoms with Gasteiger partial charge in [-0.1, -0.05) is 40.7 Å². The molecular weight excluding hydrogens is 504 g/mol. The fourth-order valence-electron chi connectivity index (χ4n) is 8.40. The monoisotopic (exact) mass is 544 g/mol. The molecule has 0 aromatic rings. The maximum atomic E-state index is 14.1. The minimum atomic E-state index is -2.27. The Morgan fingerprint density at radius 3 is 2.26 bits per heavy atom. The summed E-state index contributed by atoms with van der Waals surface area (Å²) in [5.41, 5.74) is -9.33. The first-order valence-electron chi connectivity index (χ1n) is 13.6. The summed E-state index contributed by atoms with van der Waals surface area (Å²) in [7, 11) is 0. The Labute approximate surface area is 228 Å². The minimum Gasteiger partial charge on any atom is -0.481 e. The molecule has 9 heteroatoms. The lowest BCUT2D eigenvalue weighted by molar-refractivity contribution is -0.195. The number of Topliss-reactive ketones (excluding diaryl/α,β-unsaturated/α-hetero) is 3. The van der Waals surface area contributed by atoms with Crippen LogP contribution in [0.4, 0.5) is 0 Å². The van der Waals surface area contributed by atoms with E-state index in [1.165, 1.54) is 39.8 Å². The van der Waals surface area contributed by atoms with Crippen LogP contribution in [0, 0.1) is 33.5 Å². The Kier molecular flexibility index (Phi) is 6.43. The Hall–Kier alpha value is -2.49. The van der Waals surface area contributed by atoms with Crippen molar-refractivity contribution in [2.75, 3.05) is 0 Å². The first-order valence-corrected chi connectivity index (χ1v) is 13.6. The maximum absolute atomic E-state index is 14.1. The van der Waals surface area contributed by atoms with E-state index < -0.39 is 80.5 Å². The fourth-order valence-corrected chi connectivity index (χ4v) is 8.40. The third-order valence-corrected chi connectivity index (χ3v) is 11.1. The van der Waals surface area contributed by atoms with E-state index >= 15 is 0 Å². The van der Waals surface area contributed by atoms with Gasteiger partial charge in [0.1, 0.15) is 11.6 Å². The highest BCUT2D eigenvalue weighted by atomic mass is 16.4. The van der Waals surface area contributed by atoms with Crippen molar-refractivity contribution in [3.8, 4) is 0 Å². The summed E-state index contributed by atoms with van der Waals surface area (Å²) in [6, 6.07) is 0. The van der Waals surface area contributed by atoms with Gasteiger partial charge in [0, 0.05) is 31.1 Å². The third-order valence-electron chi connectivity index (χ3n) is 11.1. The summed E-state index contributed by atoms with van der Waals surface area (Å²) in [6.45, 7) is 11.1. The van der Waals surface area contributed by atoms with Gasteiger partial charge < -0.3 is 20.4 Å². The van der Waals surface area contributed by atoms with Crippen molar-refractivity contribution in [3.05, 3.63) is 23.3 Å². The molecule has 0 spiro atoms. The fraction of sp³-hybridized carbons (Fsp3) is 0.700. The number of aliphatic hydroxyl groups is 3. The van der Waals surface area contributed by atoms with Crippen LogP contribution in [0.25, 0.3) is 0 Å². The molecule has 0 radical (unpaired) electrons. The second kappa shape index (κ2) is 8.51. The summed E-state index contributed by atoms with van der Waals surface area (Å²) in [6.07, 6.45) is 0.604. The highest BCUT2D eigenvalue weighted by molar-refractivity contribution is 6.07. The van der Waals surface area contributed by atoms with Crippen molar-refractivity contribution in [2.45, 2.75) is 97.9 Å². The van der Waals surface area contributed by atoms with Crippen LogP contribution >= 0.6 is 0 Å². The van der Waals surface area contributed by atoms with Gasteiger partial charge in [0.25, 0.3) is 0 Å². The minimum absolute atomic E-state index is 0.00859. The van der Waals surface area contributed by atoms with Crippen LogP contribution in [0.5, 0.6) is 0 Å². The van der Waals surface area contributed by atoms with Gasteiger partial charge in [-0.2, -0.15) is 0 Å². The van der Waals surface area contributed by atoms with E-state index in [-0.39, 0.29) is 36.2 Å². The quantitative estimate of drug-likeness (QED) is 0.367. The van der Waals surface area contributed by atoms with Crippen LogP contribution < -0.4 is 0 Å². The second-order valence-corrected chi connectivity index (χ2v) is 13.7. The van der Waals surface area contributed by atoms with E-state index in [0.29, 0.717) is 6.42 Å². The topological polar surface area (TPSA) is 166 Å². The molecule has 214 valence electrons. The highest BCUT2D eigenvalue weighted by Gasteiger charge is 2.78. The number of carboxylic acid groups (broad SMARTS) is 1. The molecule has 0 bridgehead atoms. The molecule has 2 saturated carbocycles. The van der Waals surface area contributed by atoms with Gasteiger partial charge in [-0.25, -0.2) is 0 Å². The number of allylic oxidation sites excluding steroid dienone is 1. The van der Waals surface area contributed by atoms with Gasteiger partial charge in [-0.3, -0.25) is 24.0 Å². The molecule has 4 aliphatic rings. The molecule has 39 heavy (non-hydrogen) atoms. The molecule has 0 aliphatic heterocycles. The van der Waals surface area contributed by atoms with Crippen LogP contribution in [0.2, 0.25) is 0 Å². The number of hydrogen-bond acceptors (Lipinski definition) is 8. The highest BCUT2D eigenvalue weighted by Crippen LogP contribution is 2.71. The zero-order chi connectivity index (χ0) is 29.7. The average Bonchev–Trinajstić information content (AvgIpc) is 3.04. The normalized spacial score (nSPS) is 41.4. The standard InChI is InChI=1S/C30H40O9/c1-15(24(36)37)10-16(31)14-27(5,38)19-13-22(34)29(7)28(19,6)21(33)12-18-26(4)9-8-20(32)25(2,3)17(26)11-23(35)30(18,29)39/h12-13,15,17,22,34,38-39H,8-11,14H2,1-7H3,(H,36,37). The Morgan fingerprint density at radius 2 is 1.69 bits per heavy atom. The molecule has 4 rings (SSSR count). The molecule has 0 heterocycles. The van der Waals surface area contributed by atoms with Crippen molar-refractivity contribution in [2.24, 2.45) is 33.5 Å². The number of carbonyl (C=O) groups is 5. The molecule has 8 atom stereocenters. The van der Waals surface area contributed by atoms with Crippen molar-refractivity contribution in [1.82, 2.24) is 0 Å². The predicted octanol–water partition coefficient (Wildman–Crippen LogP) is 2.35. The number of carboxylic acids is 1. The first kappa shape index (κ1) is 29.5. The van der Waals surface area contributed by atoms with Gasteiger partial charge in [0.05, 0.1) is 28.5 Å². The van der Waals surface area contributed by atoms with Crippen LogP contribution in [-0.4, -0.2) is 66.8 Å². The predicted molar refractivity (Wildman–Crippen MR) is 139 cm³/mol. The van der Waals surface area contributed by atoms with Gasteiger partial charge in [-0.05, 0) is 48.8 Å². The third kappa shape index (κ3) is 3.51. The van der Waals surface area contributed by atoms with Gasteiger partial charge in [0.2, 0.25) is 0 Å². The van der Waals surface area contributed by atoms with Gasteiger partial charge in [-0.15, -0.1) is 0 Å². The molecule has 4 N–H and O–H groups in total. The van der Waals surface area contributed by atoms with E-state index in [1.807, 2.05) is 6.92 Å². The van der Waals surface area contributed by atoms with E-state index in [1.54, 1.807) is 13.8 Å². The zero-order valence-corrected chi connectivity index (χ0v) is 23.8. The van der Waals surface area contributed by atoms with Crippen molar-refractivity contribution in [1.29, 1.82) is 0 Å². The largest absolute Gasteiger partial charge is 0.481 e. The van der Waals surface area contributed by atoms with Gasteiger partial charge >= 0.3 is 5.97 Å². The Balaban J connectivity index is 1.84. The molecule has 2 fully saturated rings. The molecule has 4 aliphatic carbocycles. The van der Waals surface area contributed by atoms with Crippen LogP contribution in [0.1, 0.15) is 80.6 Å². The van der Waals surface area contributed by atoms with Crippen LogP contribution in [0.15, 0.2) is 23.3 Å². The number of aliphatic hydroxyl groups excluding tert-OH is 1. The summed E-state index contributed by atoms with van der Waals surface area (Å²) in [5.74, 6) is -4.23. The molecule has 0 saturated heterocycles. The lowest BCUT2D eigenvalue weighted by Crippen LogP contribution is -2.73. The second-order valence-electron chi connectivity index (χ2n) is 13.7. The Bertz CT molecular complexity index is 1250. The molecular formula is C30H40O9. The molecule has 0 aromatic carbocycles. The number of rotatable bonds is 6. The summed E-state index contributed by atoms with van der Waals surface area (Å²) < 4.78 is 0. The zero-order valence-electron chi connectivity index (χ0n) is 23.8. The summed E-state index contributed by atoms with van der Waals surface area (Å²) >= 11 is 0. The number of aliphatic carboxylic acids is 1. The lowest BCUT2D eigenvalue weighted by Gasteiger charge is -2.64. The summed E-state index contributed by atoms with van der Waals surface area (Å²) in [5, 5.41) is 44.7. The van der Waals surface area contributed by atoms with E-state index in [4.69, 9.17) is 5.11 Å². The smallest absolute Gasteiger partial charge is 0.306 e. The Morgan fingerprint density at radius 1 is 1.10 bits per heavy atom. The van der Waals surface area contributed by atoms with Crippen molar-refractivity contribution >= 4 is 29.1 Å². The number of hydrogen-bond donors (Lipinski definition) is 4. The molecule has 8 unspecified atom stereocenters. The number of ketones is 4. The molecule has 0 aromatic heterocycles. The van der Waals surface area contributed by atoms with E-state index in [0.717, 1.165) is 0 Å². The van der Waals surface area contributed by atoms with E-state index in [2.05, 4.69) is 0 Å². The lowest BCUT2D eigenvalue weighted by atomic mass is 9.38. The van der Waals surface area contributed by atoms with Crippen LogP contribution in [0.3, 0.4) is 0 Å². The van der Waals surface area contributed by atoms with Crippen molar-refractivity contribution in [3.63, 3.8) is 0 Å². The number of carbonyl (C=O) groups excluding carboxylic acids is 4. The number of fused-ring (bicyclic) bond motifs is 5. The average molecular weight is 545 g/mol. The van der Waals surface area contributed by atoms with Crippen molar-refractivity contribution < 1.29 is 44.4 Å². The SMILES string of the molecule is CC(CC(=O)CC(C)(O)C1=CC(O)C2(C)C1(C)C(=O)C=C1C3(C)CCC(=O)C(C)(C)C3CC(=O)C12O)C(=O)O. The van der Waals surface area contributed by atoms with Crippen LogP contribution in [-0.2, 0) is 24.0 Å². The first-order chi connectivity index (χ1) is 17.6. The molecule has 9 nitrogen and oxygen atoms in total. The maximum Gasteiger partial charge on any atom is 0.306 e.